The van der Waals surface area contributed by atoms with Gasteiger partial charge in [-0.2, -0.15) is 0 Å². The Morgan fingerprint density at radius 3 is 2.31 bits per heavy atom. The molecule has 0 aliphatic carbocycles. The van der Waals surface area contributed by atoms with Gasteiger partial charge >= 0.3 is 6.03 Å². The highest BCUT2D eigenvalue weighted by molar-refractivity contribution is 6.31. The first-order valence-electron chi connectivity index (χ1n) is 11.8. The van der Waals surface area contributed by atoms with Crippen molar-refractivity contribution in [2.75, 3.05) is 30.8 Å². The van der Waals surface area contributed by atoms with E-state index in [1.807, 2.05) is 6.07 Å². The fourth-order valence-corrected chi connectivity index (χ4v) is 4.22. The summed E-state index contributed by atoms with van der Waals surface area (Å²) in [6.45, 7) is 2.88. The summed E-state index contributed by atoms with van der Waals surface area (Å²) < 4.78 is 19.6. The summed E-state index contributed by atoms with van der Waals surface area (Å²) in [6, 6.07) is 15.7. The fourth-order valence-electron chi connectivity index (χ4n) is 4.04. The lowest BCUT2D eigenvalue weighted by molar-refractivity contribution is 0.0958. The topological polar surface area (TPSA) is 82.7 Å². The number of anilines is 2. The first-order chi connectivity index (χ1) is 17.4. The van der Waals surface area contributed by atoms with Gasteiger partial charge in [0.05, 0.1) is 5.56 Å². The molecular weight excluding hydrogens is 483 g/mol. The standard InChI is InChI=1S/C27H28ClFN4O3/c1-30-26(34)23-16-22(10-12-25(23)29)36-21-8-5-19(6-9-21)31-27(35)32-20-7-11-24(28)18(15-20)17-33-13-3-2-4-14-33/h5-12,15-16H,2-4,13-14,17H2,1H3,(H,30,34)(H2,31,32,35). The first-order valence-corrected chi connectivity index (χ1v) is 12.2. The number of carbonyl (C=O) groups is 2. The average molecular weight is 511 g/mol. The van der Waals surface area contributed by atoms with E-state index in [9.17, 15) is 14.0 Å². The van der Waals surface area contributed by atoms with E-state index in [-0.39, 0.29) is 11.6 Å². The Hall–Kier alpha value is -3.62. The molecule has 0 aromatic heterocycles. The highest BCUT2D eigenvalue weighted by atomic mass is 35.5. The number of carbonyl (C=O) groups excluding carboxylic acids is 2. The van der Waals surface area contributed by atoms with Crippen molar-refractivity contribution >= 4 is 34.9 Å². The molecule has 1 aliphatic rings. The zero-order chi connectivity index (χ0) is 25.5. The quantitative estimate of drug-likeness (QED) is 0.350. The molecule has 1 aliphatic heterocycles. The van der Waals surface area contributed by atoms with Crippen LogP contribution in [0.1, 0.15) is 35.2 Å². The number of likely N-dealkylation sites (tertiary alicyclic amines) is 1. The molecule has 0 saturated carbocycles. The molecule has 1 saturated heterocycles. The molecule has 3 N–H and O–H groups in total. The van der Waals surface area contributed by atoms with E-state index in [0.717, 1.165) is 25.2 Å². The Kier molecular flexibility index (Phi) is 8.40. The van der Waals surface area contributed by atoms with Gasteiger partial charge in [0.15, 0.2) is 0 Å². The third-order valence-electron chi connectivity index (χ3n) is 5.90. The zero-order valence-electron chi connectivity index (χ0n) is 19.9. The Balaban J connectivity index is 1.34. The van der Waals surface area contributed by atoms with Gasteiger partial charge in [0, 0.05) is 30.0 Å². The number of hydrogen-bond donors (Lipinski definition) is 3. The van der Waals surface area contributed by atoms with Gasteiger partial charge in [-0.05, 0) is 92.2 Å². The van der Waals surface area contributed by atoms with Gasteiger partial charge in [-0.3, -0.25) is 9.69 Å². The highest BCUT2D eigenvalue weighted by Gasteiger charge is 2.14. The van der Waals surface area contributed by atoms with Crippen LogP contribution < -0.4 is 20.7 Å². The van der Waals surface area contributed by atoms with Crippen molar-refractivity contribution in [1.29, 1.82) is 0 Å². The van der Waals surface area contributed by atoms with Crippen molar-refractivity contribution in [2.24, 2.45) is 0 Å². The molecule has 36 heavy (non-hydrogen) atoms. The Bertz CT molecular complexity index is 1230. The van der Waals surface area contributed by atoms with Gasteiger partial charge in [-0.25, -0.2) is 9.18 Å². The van der Waals surface area contributed by atoms with Crippen molar-refractivity contribution in [2.45, 2.75) is 25.8 Å². The maximum Gasteiger partial charge on any atom is 0.323 e. The fraction of sp³-hybridized carbons (Fsp3) is 0.259. The second-order valence-corrected chi connectivity index (χ2v) is 8.98. The van der Waals surface area contributed by atoms with Crippen molar-refractivity contribution in [3.8, 4) is 11.5 Å². The largest absolute Gasteiger partial charge is 0.457 e. The number of urea groups is 1. The molecule has 1 fully saturated rings. The van der Waals surface area contributed by atoms with Crippen molar-refractivity contribution < 1.29 is 18.7 Å². The van der Waals surface area contributed by atoms with Crippen molar-refractivity contribution in [3.63, 3.8) is 0 Å². The Labute approximate surface area is 214 Å². The van der Waals surface area contributed by atoms with Crippen LogP contribution in [0.25, 0.3) is 0 Å². The molecular formula is C27H28ClFN4O3. The van der Waals surface area contributed by atoms with Crippen LogP contribution in [0.2, 0.25) is 5.02 Å². The van der Waals surface area contributed by atoms with Crippen molar-refractivity contribution in [1.82, 2.24) is 10.2 Å². The SMILES string of the molecule is CNC(=O)c1cc(Oc2ccc(NC(=O)Nc3ccc(Cl)c(CN4CCCCC4)c3)cc2)ccc1F. The van der Waals surface area contributed by atoms with E-state index in [4.69, 9.17) is 16.3 Å². The van der Waals surface area contributed by atoms with Gasteiger partial charge in [-0.15, -0.1) is 0 Å². The molecule has 4 rings (SSSR count). The van der Waals surface area contributed by atoms with Crippen LogP contribution in [-0.2, 0) is 6.54 Å². The summed E-state index contributed by atoms with van der Waals surface area (Å²) in [6.07, 6.45) is 3.66. The van der Waals surface area contributed by atoms with E-state index >= 15 is 0 Å². The summed E-state index contributed by atoms with van der Waals surface area (Å²) in [4.78, 5) is 26.7. The lowest BCUT2D eigenvalue weighted by atomic mass is 10.1. The summed E-state index contributed by atoms with van der Waals surface area (Å²) in [5.41, 5.74) is 2.10. The maximum absolute atomic E-state index is 13.9. The third-order valence-corrected chi connectivity index (χ3v) is 6.27. The smallest absolute Gasteiger partial charge is 0.323 e. The maximum atomic E-state index is 13.9. The molecule has 188 valence electrons. The van der Waals surface area contributed by atoms with Crippen LogP contribution in [0.3, 0.4) is 0 Å². The molecule has 9 heteroatoms. The van der Waals surface area contributed by atoms with Crippen LogP contribution in [0.5, 0.6) is 11.5 Å². The first kappa shape index (κ1) is 25.5. The number of halogens is 2. The molecule has 3 aromatic rings. The normalized spacial score (nSPS) is 13.6. The number of hydrogen-bond acceptors (Lipinski definition) is 4. The zero-order valence-corrected chi connectivity index (χ0v) is 20.7. The monoisotopic (exact) mass is 510 g/mol. The number of ether oxygens (including phenoxy) is 1. The van der Waals surface area contributed by atoms with Crippen molar-refractivity contribution in [3.05, 3.63) is 82.6 Å². The minimum absolute atomic E-state index is 0.105. The van der Waals surface area contributed by atoms with Gasteiger partial charge in [-0.1, -0.05) is 18.0 Å². The second-order valence-electron chi connectivity index (χ2n) is 8.57. The minimum atomic E-state index is -0.633. The number of nitrogens with zero attached hydrogens (tertiary/aromatic N) is 1. The summed E-state index contributed by atoms with van der Waals surface area (Å²) in [5.74, 6) is -0.388. The molecule has 0 bridgehead atoms. The molecule has 3 aromatic carbocycles. The van der Waals surface area contributed by atoms with Gasteiger partial charge in [0.2, 0.25) is 0 Å². The highest BCUT2D eigenvalue weighted by Crippen LogP contribution is 2.26. The lowest BCUT2D eigenvalue weighted by Crippen LogP contribution is -2.29. The van der Waals surface area contributed by atoms with Crippen LogP contribution in [0.15, 0.2) is 60.7 Å². The van der Waals surface area contributed by atoms with Crippen LogP contribution in [-0.4, -0.2) is 37.0 Å². The molecule has 1 heterocycles. The predicted molar refractivity (Wildman–Crippen MR) is 140 cm³/mol. The molecule has 0 unspecified atom stereocenters. The summed E-state index contributed by atoms with van der Waals surface area (Å²) >= 11 is 6.39. The molecule has 3 amide bonds. The number of piperidine rings is 1. The molecule has 7 nitrogen and oxygen atoms in total. The number of nitrogens with one attached hydrogen (secondary N) is 3. The van der Waals surface area contributed by atoms with E-state index in [2.05, 4.69) is 20.9 Å². The van der Waals surface area contributed by atoms with Crippen LogP contribution in [0.4, 0.5) is 20.6 Å². The average Bonchev–Trinajstić information content (AvgIpc) is 2.88. The minimum Gasteiger partial charge on any atom is -0.457 e. The van der Waals surface area contributed by atoms with Crippen LogP contribution in [0, 0.1) is 5.82 Å². The van der Waals surface area contributed by atoms with Gasteiger partial charge in [0.25, 0.3) is 5.91 Å². The third kappa shape index (κ3) is 6.74. The number of amides is 3. The second kappa shape index (κ2) is 11.9. The number of rotatable bonds is 7. The van der Waals surface area contributed by atoms with E-state index in [1.165, 1.54) is 44.5 Å². The van der Waals surface area contributed by atoms with E-state index in [1.54, 1.807) is 36.4 Å². The summed E-state index contributed by atoms with van der Waals surface area (Å²) in [5, 5.41) is 8.71. The Morgan fingerprint density at radius 2 is 1.58 bits per heavy atom. The molecule has 0 radical (unpaired) electrons. The molecule has 0 spiro atoms. The summed E-state index contributed by atoms with van der Waals surface area (Å²) in [7, 11) is 1.43. The van der Waals surface area contributed by atoms with Gasteiger partial charge in [0.1, 0.15) is 17.3 Å². The Morgan fingerprint density at radius 1 is 0.917 bits per heavy atom. The van der Waals surface area contributed by atoms with Crippen LogP contribution >= 0.6 is 11.6 Å². The lowest BCUT2D eigenvalue weighted by Gasteiger charge is -2.27. The van der Waals surface area contributed by atoms with E-state index < -0.39 is 11.7 Å². The van der Waals surface area contributed by atoms with E-state index in [0.29, 0.717) is 27.9 Å². The van der Waals surface area contributed by atoms with Gasteiger partial charge < -0.3 is 20.7 Å². The predicted octanol–water partition coefficient (Wildman–Crippen LogP) is 6.26. The molecule has 0 atom stereocenters. The number of benzene rings is 3.